The second-order valence-electron chi connectivity index (χ2n) is 5.07. The van der Waals surface area contributed by atoms with Gasteiger partial charge in [0.25, 0.3) is 0 Å². The van der Waals surface area contributed by atoms with Crippen LogP contribution < -0.4 is 14.8 Å². The van der Waals surface area contributed by atoms with Crippen LogP contribution in [0.2, 0.25) is 0 Å². The number of benzene rings is 1. The monoisotopic (exact) mass is 279 g/mol. The van der Waals surface area contributed by atoms with E-state index in [9.17, 15) is 0 Å². The Balaban J connectivity index is 1.64. The Labute approximate surface area is 121 Å². The van der Waals surface area contributed by atoms with E-state index in [4.69, 9.17) is 14.2 Å². The Hall–Kier alpha value is -1.26. The van der Waals surface area contributed by atoms with Crippen molar-refractivity contribution >= 4 is 0 Å². The maximum absolute atomic E-state index is 5.73. The Kier molecular flexibility index (Phi) is 6.15. The summed E-state index contributed by atoms with van der Waals surface area (Å²) in [5, 5.41) is 3.45. The van der Waals surface area contributed by atoms with E-state index >= 15 is 0 Å². The molecule has 1 aromatic rings. The van der Waals surface area contributed by atoms with Crippen molar-refractivity contribution in [3.63, 3.8) is 0 Å². The molecule has 0 aliphatic carbocycles. The number of hydrogen-bond donors (Lipinski definition) is 1. The van der Waals surface area contributed by atoms with Crippen molar-refractivity contribution < 1.29 is 14.2 Å². The van der Waals surface area contributed by atoms with Crippen LogP contribution in [-0.2, 0) is 4.74 Å². The fourth-order valence-corrected chi connectivity index (χ4v) is 2.64. The van der Waals surface area contributed by atoms with Crippen LogP contribution in [0.4, 0.5) is 0 Å². The van der Waals surface area contributed by atoms with Crippen LogP contribution in [0.25, 0.3) is 0 Å². The molecule has 0 radical (unpaired) electrons. The van der Waals surface area contributed by atoms with Gasteiger partial charge in [-0.25, -0.2) is 0 Å². The molecule has 0 amide bonds. The SMILES string of the molecule is CCC1OCCC1CNCCOc1ccccc1OC. The summed E-state index contributed by atoms with van der Waals surface area (Å²) in [5.41, 5.74) is 0. The van der Waals surface area contributed by atoms with Crippen LogP contribution in [0.3, 0.4) is 0 Å². The zero-order chi connectivity index (χ0) is 14.2. The summed E-state index contributed by atoms with van der Waals surface area (Å²) in [4.78, 5) is 0. The van der Waals surface area contributed by atoms with E-state index in [1.165, 1.54) is 6.42 Å². The third-order valence-corrected chi connectivity index (χ3v) is 3.76. The normalized spacial score (nSPS) is 21.9. The molecule has 2 unspecified atom stereocenters. The summed E-state index contributed by atoms with van der Waals surface area (Å²) in [6, 6.07) is 7.73. The van der Waals surface area contributed by atoms with E-state index < -0.39 is 0 Å². The number of para-hydroxylation sites is 2. The van der Waals surface area contributed by atoms with E-state index in [2.05, 4.69) is 12.2 Å². The molecule has 1 fully saturated rings. The molecule has 1 saturated heterocycles. The minimum atomic E-state index is 0.428. The van der Waals surface area contributed by atoms with E-state index in [1.807, 2.05) is 24.3 Å². The van der Waals surface area contributed by atoms with Crippen LogP contribution in [0, 0.1) is 5.92 Å². The molecule has 1 aromatic carbocycles. The van der Waals surface area contributed by atoms with Gasteiger partial charge in [0.15, 0.2) is 11.5 Å². The lowest BCUT2D eigenvalue weighted by Crippen LogP contribution is -2.31. The van der Waals surface area contributed by atoms with Gasteiger partial charge in [0.2, 0.25) is 0 Å². The maximum Gasteiger partial charge on any atom is 0.161 e. The van der Waals surface area contributed by atoms with Gasteiger partial charge in [-0.15, -0.1) is 0 Å². The van der Waals surface area contributed by atoms with Gasteiger partial charge in [0, 0.05) is 19.7 Å². The summed E-state index contributed by atoms with van der Waals surface area (Å²) in [5.74, 6) is 2.22. The topological polar surface area (TPSA) is 39.7 Å². The number of hydrogen-bond acceptors (Lipinski definition) is 4. The summed E-state index contributed by atoms with van der Waals surface area (Å²) in [6.07, 6.45) is 2.70. The van der Waals surface area contributed by atoms with Crippen molar-refractivity contribution in [2.45, 2.75) is 25.9 Å². The highest BCUT2D eigenvalue weighted by Gasteiger charge is 2.25. The van der Waals surface area contributed by atoms with Crippen LogP contribution in [0.1, 0.15) is 19.8 Å². The smallest absolute Gasteiger partial charge is 0.161 e. The molecule has 1 aliphatic rings. The molecule has 20 heavy (non-hydrogen) atoms. The van der Waals surface area contributed by atoms with Gasteiger partial charge in [0.05, 0.1) is 13.2 Å². The second-order valence-corrected chi connectivity index (χ2v) is 5.07. The quantitative estimate of drug-likeness (QED) is 0.742. The van der Waals surface area contributed by atoms with Crippen molar-refractivity contribution in [3.8, 4) is 11.5 Å². The first kappa shape index (κ1) is 15.1. The second kappa shape index (κ2) is 8.12. The molecule has 4 heteroatoms. The molecule has 1 heterocycles. The zero-order valence-corrected chi connectivity index (χ0v) is 12.4. The highest BCUT2D eigenvalue weighted by atomic mass is 16.5. The Morgan fingerprint density at radius 3 is 2.85 bits per heavy atom. The first-order valence-corrected chi connectivity index (χ1v) is 7.43. The molecule has 1 N–H and O–H groups in total. The predicted molar refractivity (Wildman–Crippen MR) is 79.5 cm³/mol. The lowest BCUT2D eigenvalue weighted by atomic mass is 10.00. The summed E-state index contributed by atoms with van der Waals surface area (Å²) in [7, 11) is 1.66. The van der Waals surface area contributed by atoms with Gasteiger partial charge < -0.3 is 19.5 Å². The van der Waals surface area contributed by atoms with Crippen molar-refractivity contribution in [1.29, 1.82) is 0 Å². The third-order valence-electron chi connectivity index (χ3n) is 3.76. The van der Waals surface area contributed by atoms with Crippen molar-refractivity contribution in [2.75, 3.05) is 33.4 Å². The predicted octanol–water partition coefficient (Wildman–Crippen LogP) is 2.48. The molecule has 0 saturated carbocycles. The van der Waals surface area contributed by atoms with Gasteiger partial charge in [-0.2, -0.15) is 0 Å². The third kappa shape index (κ3) is 4.12. The van der Waals surface area contributed by atoms with E-state index in [1.54, 1.807) is 7.11 Å². The highest BCUT2D eigenvalue weighted by molar-refractivity contribution is 5.39. The molecule has 112 valence electrons. The fourth-order valence-electron chi connectivity index (χ4n) is 2.64. The van der Waals surface area contributed by atoms with Crippen molar-refractivity contribution in [2.24, 2.45) is 5.92 Å². The van der Waals surface area contributed by atoms with E-state index in [-0.39, 0.29) is 0 Å². The molecule has 2 rings (SSSR count). The molecule has 4 nitrogen and oxygen atoms in total. The number of nitrogens with one attached hydrogen (secondary N) is 1. The number of methoxy groups -OCH3 is 1. The van der Waals surface area contributed by atoms with Gasteiger partial charge in [-0.1, -0.05) is 19.1 Å². The van der Waals surface area contributed by atoms with Crippen LogP contribution in [0.5, 0.6) is 11.5 Å². The van der Waals surface area contributed by atoms with Crippen LogP contribution >= 0.6 is 0 Å². The molecule has 1 aliphatic heterocycles. The minimum Gasteiger partial charge on any atom is -0.493 e. The summed E-state index contributed by atoms with van der Waals surface area (Å²) in [6.45, 7) is 5.58. The first-order chi connectivity index (χ1) is 9.85. The number of ether oxygens (including phenoxy) is 3. The molecule has 2 atom stereocenters. The van der Waals surface area contributed by atoms with Gasteiger partial charge in [-0.05, 0) is 30.9 Å². The van der Waals surface area contributed by atoms with Gasteiger partial charge in [-0.3, -0.25) is 0 Å². The lowest BCUT2D eigenvalue weighted by Gasteiger charge is -2.17. The highest BCUT2D eigenvalue weighted by Crippen LogP contribution is 2.25. The molecule has 0 spiro atoms. The Morgan fingerprint density at radius 2 is 2.10 bits per heavy atom. The zero-order valence-electron chi connectivity index (χ0n) is 12.4. The maximum atomic E-state index is 5.73. The van der Waals surface area contributed by atoms with Crippen molar-refractivity contribution in [1.82, 2.24) is 5.32 Å². The standard InChI is InChI=1S/C16H25NO3/c1-3-14-13(8-10-19-14)12-17-9-11-20-16-7-5-4-6-15(16)18-2/h4-7,13-14,17H,3,8-12H2,1-2H3. The first-order valence-electron chi connectivity index (χ1n) is 7.43. The largest absolute Gasteiger partial charge is 0.493 e. The molecule has 0 aromatic heterocycles. The average Bonchev–Trinajstić information content (AvgIpc) is 2.95. The van der Waals surface area contributed by atoms with Gasteiger partial charge in [0.1, 0.15) is 6.61 Å². The Morgan fingerprint density at radius 1 is 1.30 bits per heavy atom. The minimum absolute atomic E-state index is 0.428. The fraction of sp³-hybridized carbons (Fsp3) is 0.625. The Bertz CT molecular complexity index is 397. The van der Waals surface area contributed by atoms with Gasteiger partial charge >= 0.3 is 0 Å². The van der Waals surface area contributed by atoms with E-state index in [0.717, 1.165) is 37.6 Å². The summed E-state index contributed by atoms with van der Waals surface area (Å²) < 4.78 is 16.7. The molecular weight excluding hydrogens is 254 g/mol. The molecule has 0 bridgehead atoms. The van der Waals surface area contributed by atoms with E-state index in [0.29, 0.717) is 18.6 Å². The summed E-state index contributed by atoms with van der Waals surface area (Å²) >= 11 is 0. The van der Waals surface area contributed by atoms with Crippen LogP contribution in [0.15, 0.2) is 24.3 Å². The number of rotatable bonds is 8. The van der Waals surface area contributed by atoms with Crippen molar-refractivity contribution in [3.05, 3.63) is 24.3 Å². The lowest BCUT2D eigenvalue weighted by molar-refractivity contribution is 0.0870. The average molecular weight is 279 g/mol. The molecular formula is C16H25NO3. The van der Waals surface area contributed by atoms with Crippen LogP contribution in [-0.4, -0.2) is 39.5 Å².